The van der Waals surface area contributed by atoms with E-state index in [1.807, 2.05) is 6.92 Å². The molecule has 1 heterocycles. The fourth-order valence-electron chi connectivity index (χ4n) is 2.57. The van der Waals surface area contributed by atoms with Gasteiger partial charge in [0.15, 0.2) is 9.84 Å². The van der Waals surface area contributed by atoms with Crippen molar-refractivity contribution in [1.29, 1.82) is 0 Å². The van der Waals surface area contributed by atoms with Crippen LogP contribution in [0.4, 0.5) is 0 Å². The summed E-state index contributed by atoms with van der Waals surface area (Å²) in [5, 5.41) is 3.23. The van der Waals surface area contributed by atoms with E-state index in [1.165, 1.54) is 18.2 Å². The zero-order chi connectivity index (χ0) is 16.5. The van der Waals surface area contributed by atoms with Crippen LogP contribution in [0.2, 0.25) is 0 Å². The van der Waals surface area contributed by atoms with E-state index in [4.69, 9.17) is 0 Å². The molecule has 0 amide bonds. The summed E-state index contributed by atoms with van der Waals surface area (Å²) < 4.78 is 51.2. The predicted octanol–water partition coefficient (Wildman–Crippen LogP) is 0.817. The molecule has 0 radical (unpaired) electrons. The van der Waals surface area contributed by atoms with Crippen molar-refractivity contribution in [2.75, 3.05) is 12.8 Å². The lowest BCUT2D eigenvalue weighted by Crippen LogP contribution is -2.51. The smallest absolute Gasteiger partial charge is 0.241 e. The number of piperidine rings is 1. The van der Waals surface area contributed by atoms with Gasteiger partial charge in [-0.3, -0.25) is 0 Å². The van der Waals surface area contributed by atoms with Crippen molar-refractivity contribution in [2.24, 2.45) is 0 Å². The topological polar surface area (TPSA) is 92.3 Å². The first-order valence-corrected chi connectivity index (χ1v) is 10.5. The lowest BCUT2D eigenvalue weighted by Gasteiger charge is -2.30. The molecule has 1 aliphatic rings. The predicted molar refractivity (Wildman–Crippen MR) is 85.1 cm³/mol. The maximum atomic E-state index is 12.6. The molecule has 1 saturated heterocycles. The van der Waals surface area contributed by atoms with Crippen LogP contribution in [0.3, 0.4) is 0 Å². The highest BCUT2D eigenvalue weighted by Crippen LogP contribution is 2.21. The summed E-state index contributed by atoms with van der Waals surface area (Å²) in [7, 11) is -7.21. The summed E-state index contributed by atoms with van der Waals surface area (Å²) in [6.07, 6.45) is 2.73. The third kappa shape index (κ3) is 3.87. The standard InChI is InChI=1S/C14H22N2O4S2/c1-10-6-7-12(21(3,17)18)9-14(10)22(19,20)16-13-5-4-8-15-11(13)2/h6-7,9,11,13,15-16H,4-5,8H2,1-3H3. The SMILES string of the molecule is Cc1ccc(S(C)(=O)=O)cc1S(=O)(=O)NC1CCCNC1C. The molecule has 0 bridgehead atoms. The van der Waals surface area contributed by atoms with Crippen molar-refractivity contribution >= 4 is 19.9 Å². The molecule has 22 heavy (non-hydrogen) atoms. The average molecular weight is 346 g/mol. The zero-order valence-corrected chi connectivity index (χ0v) is 14.6. The van der Waals surface area contributed by atoms with E-state index in [-0.39, 0.29) is 21.9 Å². The summed E-state index contributed by atoms with van der Waals surface area (Å²) in [5.74, 6) is 0. The van der Waals surface area contributed by atoms with Crippen molar-refractivity contribution < 1.29 is 16.8 Å². The second kappa shape index (κ2) is 6.27. The summed E-state index contributed by atoms with van der Waals surface area (Å²) in [5.41, 5.74) is 0.524. The molecule has 124 valence electrons. The molecule has 0 spiro atoms. The van der Waals surface area contributed by atoms with E-state index in [0.717, 1.165) is 25.6 Å². The Labute approximate surface area is 132 Å². The van der Waals surface area contributed by atoms with Gasteiger partial charge in [-0.05, 0) is 50.9 Å². The number of hydrogen-bond acceptors (Lipinski definition) is 5. The Morgan fingerprint density at radius 2 is 1.91 bits per heavy atom. The second-order valence-corrected chi connectivity index (χ2v) is 9.51. The Hall–Kier alpha value is -0.960. The van der Waals surface area contributed by atoms with E-state index in [1.54, 1.807) is 6.92 Å². The molecule has 1 aromatic carbocycles. The van der Waals surface area contributed by atoms with Gasteiger partial charge in [-0.2, -0.15) is 0 Å². The molecule has 0 saturated carbocycles. The largest absolute Gasteiger partial charge is 0.313 e. The minimum atomic E-state index is -3.76. The molecule has 1 fully saturated rings. The Morgan fingerprint density at radius 1 is 1.23 bits per heavy atom. The molecule has 0 aromatic heterocycles. The lowest BCUT2D eigenvalue weighted by molar-refractivity contribution is 0.348. The third-order valence-corrected chi connectivity index (χ3v) is 6.69. The number of benzene rings is 1. The molecule has 0 aliphatic carbocycles. The summed E-state index contributed by atoms with van der Waals surface area (Å²) in [6.45, 7) is 4.47. The Morgan fingerprint density at radius 3 is 2.50 bits per heavy atom. The van der Waals surface area contributed by atoms with E-state index < -0.39 is 19.9 Å². The Bertz CT molecular complexity index is 757. The van der Waals surface area contributed by atoms with E-state index in [9.17, 15) is 16.8 Å². The highest BCUT2D eigenvalue weighted by molar-refractivity contribution is 7.91. The maximum Gasteiger partial charge on any atom is 0.241 e. The van der Waals surface area contributed by atoms with E-state index >= 15 is 0 Å². The molecule has 2 unspecified atom stereocenters. The average Bonchev–Trinajstić information content (AvgIpc) is 2.40. The van der Waals surface area contributed by atoms with Crippen molar-refractivity contribution in [2.45, 2.75) is 48.6 Å². The number of sulfonamides is 1. The molecule has 1 aromatic rings. The van der Waals surface area contributed by atoms with Gasteiger partial charge in [0.05, 0.1) is 9.79 Å². The van der Waals surface area contributed by atoms with Crippen LogP contribution in [0.1, 0.15) is 25.3 Å². The monoisotopic (exact) mass is 346 g/mol. The molecular formula is C14H22N2O4S2. The van der Waals surface area contributed by atoms with Crippen LogP contribution < -0.4 is 10.0 Å². The minimum Gasteiger partial charge on any atom is -0.313 e. The van der Waals surface area contributed by atoms with Crippen LogP contribution >= 0.6 is 0 Å². The first-order chi connectivity index (χ1) is 10.1. The van der Waals surface area contributed by atoms with Gasteiger partial charge in [0.1, 0.15) is 0 Å². The van der Waals surface area contributed by atoms with E-state index in [2.05, 4.69) is 10.0 Å². The number of sulfone groups is 1. The van der Waals surface area contributed by atoms with Crippen molar-refractivity contribution in [3.05, 3.63) is 23.8 Å². The molecule has 1 aliphatic heterocycles. The van der Waals surface area contributed by atoms with Gasteiger partial charge in [0, 0.05) is 18.3 Å². The molecule has 2 atom stereocenters. The summed E-state index contributed by atoms with van der Waals surface area (Å²) in [6, 6.07) is 4.03. The van der Waals surface area contributed by atoms with Crippen LogP contribution in [0.25, 0.3) is 0 Å². The van der Waals surface area contributed by atoms with E-state index in [0.29, 0.717) is 5.56 Å². The Kier molecular flexibility index (Phi) is 4.96. The summed E-state index contributed by atoms with van der Waals surface area (Å²) in [4.78, 5) is 0.0292. The van der Waals surface area contributed by atoms with Crippen LogP contribution in [0.5, 0.6) is 0 Å². The molecule has 8 heteroatoms. The van der Waals surface area contributed by atoms with Crippen molar-refractivity contribution in [3.63, 3.8) is 0 Å². The maximum absolute atomic E-state index is 12.6. The quantitative estimate of drug-likeness (QED) is 0.842. The zero-order valence-electron chi connectivity index (χ0n) is 13.0. The fraction of sp³-hybridized carbons (Fsp3) is 0.571. The van der Waals surface area contributed by atoms with Gasteiger partial charge in [0.25, 0.3) is 0 Å². The molecule has 2 rings (SSSR count). The first kappa shape index (κ1) is 17.4. The van der Waals surface area contributed by atoms with Gasteiger partial charge in [-0.1, -0.05) is 6.07 Å². The third-order valence-electron chi connectivity index (χ3n) is 3.95. The fourth-order valence-corrected chi connectivity index (χ4v) is 4.91. The van der Waals surface area contributed by atoms with Gasteiger partial charge < -0.3 is 5.32 Å². The van der Waals surface area contributed by atoms with Gasteiger partial charge in [0.2, 0.25) is 10.0 Å². The van der Waals surface area contributed by atoms with Crippen molar-refractivity contribution in [1.82, 2.24) is 10.0 Å². The van der Waals surface area contributed by atoms with Gasteiger partial charge in [-0.25, -0.2) is 21.6 Å². The highest BCUT2D eigenvalue weighted by Gasteiger charge is 2.28. The molecule has 2 N–H and O–H groups in total. The number of aryl methyl sites for hydroxylation is 1. The molecule has 6 nitrogen and oxygen atoms in total. The first-order valence-electron chi connectivity index (χ1n) is 7.18. The highest BCUT2D eigenvalue weighted by atomic mass is 32.2. The lowest BCUT2D eigenvalue weighted by atomic mass is 10.0. The van der Waals surface area contributed by atoms with Crippen LogP contribution in [-0.2, 0) is 19.9 Å². The van der Waals surface area contributed by atoms with Crippen molar-refractivity contribution in [3.8, 4) is 0 Å². The number of rotatable bonds is 4. The van der Waals surface area contributed by atoms with Crippen LogP contribution in [0.15, 0.2) is 28.0 Å². The molecular weight excluding hydrogens is 324 g/mol. The van der Waals surface area contributed by atoms with Crippen LogP contribution in [-0.4, -0.2) is 41.7 Å². The van der Waals surface area contributed by atoms with Gasteiger partial charge >= 0.3 is 0 Å². The van der Waals surface area contributed by atoms with Crippen LogP contribution in [0, 0.1) is 6.92 Å². The number of nitrogens with one attached hydrogen (secondary N) is 2. The Balaban J connectivity index is 2.36. The minimum absolute atomic E-state index is 0.00768. The van der Waals surface area contributed by atoms with Gasteiger partial charge in [-0.15, -0.1) is 0 Å². The number of hydrogen-bond donors (Lipinski definition) is 2. The summed E-state index contributed by atoms with van der Waals surface area (Å²) >= 11 is 0. The second-order valence-electron chi connectivity index (χ2n) is 5.81. The normalized spacial score (nSPS) is 23.4.